The summed E-state index contributed by atoms with van der Waals surface area (Å²) >= 11 is 3.36. The summed E-state index contributed by atoms with van der Waals surface area (Å²) in [4.78, 5) is 22.6. The summed E-state index contributed by atoms with van der Waals surface area (Å²) in [5.41, 5.74) is 0.771. The number of amides is 1. The molecule has 0 unspecified atom stereocenters. The molecule has 0 radical (unpaired) electrons. The minimum Gasteiger partial charge on any atom is -0.494 e. The smallest absolute Gasteiger partial charge is 0.291 e. The lowest BCUT2D eigenvalue weighted by atomic mass is 10.2. The number of nitrogens with one attached hydrogen (secondary N) is 1. The summed E-state index contributed by atoms with van der Waals surface area (Å²) in [6, 6.07) is 11.0. The third-order valence-corrected chi connectivity index (χ3v) is 3.84. The van der Waals surface area contributed by atoms with E-state index in [1.807, 2.05) is 12.1 Å². The maximum atomic E-state index is 12.3. The van der Waals surface area contributed by atoms with Gasteiger partial charge in [-0.05, 0) is 30.3 Å². The van der Waals surface area contributed by atoms with Gasteiger partial charge in [-0.3, -0.25) is 14.9 Å². The largest absolute Gasteiger partial charge is 0.494 e. The van der Waals surface area contributed by atoms with Crippen molar-refractivity contribution in [2.45, 2.75) is 0 Å². The molecule has 0 saturated heterocycles. The highest BCUT2D eigenvalue weighted by molar-refractivity contribution is 9.10. The molecule has 0 fully saturated rings. The molecule has 0 atom stereocenters. The molecule has 0 bridgehead atoms. The molecule has 3 aromatic rings. The van der Waals surface area contributed by atoms with Crippen molar-refractivity contribution >= 4 is 44.2 Å². The molecule has 1 N–H and O–H groups in total. The average Bonchev–Trinajstić information content (AvgIpc) is 2.98. The Bertz CT molecular complexity index is 951. The quantitative estimate of drug-likeness (QED) is 0.527. The van der Waals surface area contributed by atoms with Crippen LogP contribution in [0, 0.1) is 10.1 Å². The van der Waals surface area contributed by atoms with Crippen LogP contribution in [0.3, 0.4) is 0 Å². The molecular weight excluding hydrogens is 380 g/mol. The van der Waals surface area contributed by atoms with Crippen LogP contribution in [0.15, 0.2) is 51.4 Å². The Labute approximate surface area is 144 Å². The number of hydrogen-bond donors (Lipinski definition) is 1. The highest BCUT2D eigenvalue weighted by atomic mass is 79.9. The van der Waals surface area contributed by atoms with E-state index in [9.17, 15) is 14.9 Å². The summed E-state index contributed by atoms with van der Waals surface area (Å²) < 4.78 is 11.5. The SMILES string of the molecule is COc1cc([N+](=O)[O-])ccc1NC(=O)c1cc2cc(Br)ccc2o1. The summed E-state index contributed by atoms with van der Waals surface area (Å²) in [5, 5.41) is 14.2. The van der Waals surface area contributed by atoms with Crippen LogP contribution < -0.4 is 10.1 Å². The molecule has 8 heteroatoms. The van der Waals surface area contributed by atoms with Crippen molar-refractivity contribution in [3.8, 4) is 5.75 Å². The van der Waals surface area contributed by atoms with Crippen LogP contribution in [0.2, 0.25) is 0 Å². The van der Waals surface area contributed by atoms with Crippen LogP contribution in [0.5, 0.6) is 5.75 Å². The van der Waals surface area contributed by atoms with Crippen molar-refractivity contribution in [2.24, 2.45) is 0 Å². The number of nitro groups is 1. The first-order valence-corrected chi connectivity index (χ1v) is 7.60. The van der Waals surface area contributed by atoms with E-state index >= 15 is 0 Å². The molecule has 7 nitrogen and oxygen atoms in total. The topological polar surface area (TPSA) is 94.6 Å². The zero-order chi connectivity index (χ0) is 17.3. The molecule has 1 amide bonds. The fraction of sp³-hybridized carbons (Fsp3) is 0.0625. The number of rotatable bonds is 4. The molecule has 1 heterocycles. The Morgan fingerprint density at radius 3 is 2.75 bits per heavy atom. The van der Waals surface area contributed by atoms with Crippen molar-refractivity contribution in [3.63, 3.8) is 0 Å². The van der Waals surface area contributed by atoms with E-state index in [-0.39, 0.29) is 17.2 Å². The van der Waals surface area contributed by atoms with Gasteiger partial charge in [-0.15, -0.1) is 0 Å². The summed E-state index contributed by atoms with van der Waals surface area (Å²) in [5.74, 6) is -0.158. The fourth-order valence-electron chi connectivity index (χ4n) is 2.21. The first kappa shape index (κ1) is 16.0. The summed E-state index contributed by atoms with van der Waals surface area (Å²) in [6.45, 7) is 0. The maximum Gasteiger partial charge on any atom is 0.291 e. The normalized spacial score (nSPS) is 10.6. The highest BCUT2D eigenvalue weighted by Gasteiger charge is 2.17. The van der Waals surface area contributed by atoms with Crippen molar-refractivity contribution in [1.29, 1.82) is 0 Å². The second-order valence-electron chi connectivity index (χ2n) is 4.89. The van der Waals surface area contributed by atoms with Gasteiger partial charge in [0.05, 0.1) is 23.8 Å². The molecule has 3 rings (SSSR count). The van der Waals surface area contributed by atoms with E-state index in [1.165, 1.54) is 25.3 Å². The van der Waals surface area contributed by atoms with Gasteiger partial charge in [-0.2, -0.15) is 0 Å². The second kappa shape index (κ2) is 6.32. The molecular formula is C16H11BrN2O5. The van der Waals surface area contributed by atoms with Gasteiger partial charge >= 0.3 is 0 Å². The molecule has 0 aliphatic rings. The standard InChI is InChI=1S/C16H11BrN2O5/c1-23-14-8-11(19(21)22)3-4-12(14)18-16(20)15-7-9-6-10(17)2-5-13(9)24-15/h2-8H,1H3,(H,18,20). The number of fused-ring (bicyclic) bond motifs is 1. The van der Waals surface area contributed by atoms with Crippen LogP contribution in [-0.2, 0) is 0 Å². The number of carbonyl (C=O) groups excluding carboxylic acids is 1. The predicted octanol–water partition coefficient (Wildman–Crippen LogP) is 4.36. The molecule has 24 heavy (non-hydrogen) atoms. The van der Waals surface area contributed by atoms with Crippen LogP contribution in [-0.4, -0.2) is 17.9 Å². The molecule has 0 aliphatic heterocycles. The van der Waals surface area contributed by atoms with Crippen molar-refractivity contribution < 1.29 is 18.9 Å². The van der Waals surface area contributed by atoms with Crippen molar-refractivity contribution in [3.05, 3.63) is 62.8 Å². The highest BCUT2D eigenvalue weighted by Crippen LogP contribution is 2.30. The summed E-state index contributed by atoms with van der Waals surface area (Å²) in [6.07, 6.45) is 0. The zero-order valence-electron chi connectivity index (χ0n) is 12.4. The number of anilines is 1. The van der Waals surface area contributed by atoms with Gasteiger partial charge in [0, 0.05) is 15.9 Å². The number of benzene rings is 2. The number of ether oxygens (including phenoxy) is 1. The van der Waals surface area contributed by atoms with Gasteiger partial charge < -0.3 is 14.5 Å². The summed E-state index contributed by atoms with van der Waals surface area (Å²) in [7, 11) is 1.37. The van der Waals surface area contributed by atoms with Crippen molar-refractivity contribution in [2.75, 3.05) is 12.4 Å². The van der Waals surface area contributed by atoms with Gasteiger partial charge in [-0.25, -0.2) is 0 Å². The monoisotopic (exact) mass is 390 g/mol. The number of furan rings is 1. The van der Waals surface area contributed by atoms with Crippen LogP contribution in [0.1, 0.15) is 10.6 Å². The van der Waals surface area contributed by atoms with Gasteiger partial charge in [0.25, 0.3) is 11.6 Å². The first-order valence-electron chi connectivity index (χ1n) is 6.81. The zero-order valence-corrected chi connectivity index (χ0v) is 14.0. The minimum atomic E-state index is -0.536. The van der Waals surface area contributed by atoms with E-state index in [2.05, 4.69) is 21.2 Å². The molecule has 0 spiro atoms. The van der Waals surface area contributed by atoms with Crippen LogP contribution in [0.4, 0.5) is 11.4 Å². The minimum absolute atomic E-state index is 0.126. The number of nitro benzene ring substituents is 1. The lowest BCUT2D eigenvalue weighted by Crippen LogP contribution is -2.11. The molecule has 0 aliphatic carbocycles. The molecule has 2 aromatic carbocycles. The average molecular weight is 391 g/mol. The van der Waals surface area contributed by atoms with Crippen LogP contribution >= 0.6 is 15.9 Å². The Hall–Kier alpha value is -2.87. The van der Waals surface area contributed by atoms with Gasteiger partial charge in [0.15, 0.2) is 5.76 Å². The van der Waals surface area contributed by atoms with Crippen LogP contribution in [0.25, 0.3) is 11.0 Å². The third kappa shape index (κ3) is 3.09. The van der Waals surface area contributed by atoms with Gasteiger partial charge in [-0.1, -0.05) is 15.9 Å². The van der Waals surface area contributed by atoms with E-state index in [0.29, 0.717) is 11.3 Å². The first-order chi connectivity index (χ1) is 11.5. The predicted molar refractivity (Wildman–Crippen MR) is 91.5 cm³/mol. The Kier molecular flexibility index (Phi) is 4.22. The fourth-order valence-corrected chi connectivity index (χ4v) is 2.59. The number of non-ortho nitro benzene ring substituents is 1. The van der Waals surface area contributed by atoms with E-state index in [0.717, 1.165) is 9.86 Å². The Morgan fingerprint density at radius 1 is 1.25 bits per heavy atom. The second-order valence-corrected chi connectivity index (χ2v) is 5.80. The van der Waals surface area contributed by atoms with Gasteiger partial charge in [0.2, 0.25) is 0 Å². The number of nitrogens with zero attached hydrogens (tertiary/aromatic N) is 1. The molecule has 122 valence electrons. The van der Waals surface area contributed by atoms with E-state index in [1.54, 1.807) is 12.1 Å². The maximum absolute atomic E-state index is 12.3. The number of halogens is 1. The van der Waals surface area contributed by atoms with Crippen molar-refractivity contribution in [1.82, 2.24) is 0 Å². The lowest BCUT2D eigenvalue weighted by Gasteiger charge is -2.08. The molecule has 1 aromatic heterocycles. The number of hydrogen-bond acceptors (Lipinski definition) is 5. The van der Waals surface area contributed by atoms with E-state index in [4.69, 9.17) is 9.15 Å². The molecule has 0 saturated carbocycles. The third-order valence-electron chi connectivity index (χ3n) is 3.35. The number of methoxy groups -OCH3 is 1. The van der Waals surface area contributed by atoms with E-state index < -0.39 is 10.8 Å². The lowest BCUT2D eigenvalue weighted by molar-refractivity contribution is -0.384. The Morgan fingerprint density at radius 2 is 2.04 bits per heavy atom. The number of carbonyl (C=O) groups is 1. The Balaban J connectivity index is 1.89. The van der Waals surface area contributed by atoms with Gasteiger partial charge in [0.1, 0.15) is 11.3 Å².